The molecule has 0 aliphatic carbocycles. The van der Waals surface area contributed by atoms with Crippen LogP contribution in [0.5, 0.6) is 0 Å². The highest BCUT2D eigenvalue weighted by Gasteiger charge is 2.16. The number of rotatable bonds is 3. The number of aliphatic hydroxyl groups is 1. The van der Waals surface area contributed by atoms with Crippen molar-refractivity contribution in [3.8, 4) is 0 Å². The van der Waals surface area contributed by atoms with Crippen molar-refractivity contribution in [2.45, 2.75) is 26.4 Å². The average molecular weight is 309 g/mol. The number of aliphatic hydroxyl groups excluding tert-OH is 1. The second kappa shape index (κ2) is 5.24. The molecule has 4 heteroatoms. The maximum absolute atomic E-state index is 10.3. The fourth-order valence-electron chi connectivity index (χ4n) is 1.99. The Bertz CT molecular complexity index is 546. The summed E-state index contributed by atoms with van der Waals surface area (Å²) in [7, 11) is 1.90. The van der Waals surface area contributed by atoms with E-state index in [0.29, 0.717) is 6.42 Å². The Balaban J connectivity index is 2.21. The molecule has 1 atom stereocenters. The topological polar surface area (TPSA) is 38.1 Å². The molecular weight excluding hydrogens is 292 g/mol. The van der Waals surface area contributed by atoms with Crippen LogP contribution in [0, 0.1) is 13.8 Å². The molecule has 2 rings (SSSR count). The molecule has 0 bridgehead atoms. The van der Waals surface area contributed by atoms with E-state index in [1.807, 2.05) is 49.8 Å². The van der Waals surface area contributed by atoms with Crippen LogP contribution in [0.15, 0.2) is 28.7 Å². The summed E-state index contributed by atoms with van der Waals surface area (Å²) in [4.78, 5) is 0. The highest BCUT2D eigenvalue weighted by atomic mass is 79.9. The number of aromatic nitrogens is 2. The summed E-state index contributed by atoms with van der Waals surface area (Å²) in [5.74, 6) is 0. The van der Waals surface area contributed by atoms with Crippen LogP contribution >= 0.6 is 15.9 Å². The monoisotopic (exact) mass is 308 g/mol. The second-order valence-electron chi connectivity index (χ2n) is 4.60. The minimum absolute atomic E-state index is 0.503. The lowest BCUT2D eigenvalue weighted by Gasteiger charge is -2.12. The summed E-state index contributed by atoms with van der Waals surface area (Å²) >= 11 is 3.52. The van der Waals surface area contributed by atoms with Crippen molar-refractivity contribution in [3.05, 3.63) is 51.3 Å². The van der Waals surface area contributed by atoms with E-state index in [0.717, 1.165) is 21.4 Å². The first kappa shape index (κ1) is 13.3. The Morgan fingerprint density at radius 1 is 1.28 bits per heavy atom. The SMILES string of the molecule is Cc1ccc(C(O)Cc2c(Br)c(C)nn2C)cc1. The number of aryl methyl sites for hydroxylation is 3. The van der Waals surface area contributed by atoms with E-state index in [1.165, 1.54) is 5.56 Å². The van der Waals surface area contributed by atoms with E-state index in [-0.39, 0.29) is 0 Å². The summed E-state index contributed by atoms with van der Waals surface area (Å²) in [6.45, 7) is 3.99. The van der Waals surface area contributed by atoms with Crippen molar-refractivity contribution in [1.82, 2.24) is 9.78 Å². The van der Waals surface area contributed by atoms with Gasteiger partial charge in [-0.2, -0.15) is 5.10 Å². The first-order valence-electron chi connectivity index (χ1n) is 5.91. The predicted octanol–water partition coefficient (Wildman–Crippen LogP) is 3.08. The summed E-state index contributed by atoms with van der Waals surface area (Å²) in [6, 6.07) is 7.97. The Morgan fingerprint density at radius 2 is 1.89 bits per heavy atom. The number of benzene rings is 1. The van der Waals surface area contributed by atoms with Crippen molar-refractivity contribution in [2.75, 3.05) is 0 Å². The van der Waals surface area contributed by atoms with Gasteiger partial charge in [-0.15, -0.1) is 0 Å². The number of hydrogen-bond acceptors (Lipinski definition) is 2. The van der Waals surface area contributed by atoms with Gasteiger partial charge in [0.05, 0.1) is 22.0 Å². The van der Waals surface area contributed by atoms with Crippen molar-refractivity contribution >= 4 is 15.9 Å². The largest absolute Gasteiger partial charge is 0.388 e. The standard InChI is InChI=1S/C14H17BrN2O/c1-9-4-6-11(7-5-9)13(18)8-12-14(15)10(2)16-17(12)3/h4-7,13,18H,8H2,1-3H3. The Kier molecular flexibility index (Phi) is 3.88. The van der Waals surface area contributed by atoms with Crippen LogP contribution in [-0.4, -0.2) is 14.9 Å². The number of hydrogen-bond donors (Lipinski definition) is 1. The zero-order valence-corrected chi connectivity index (χ0v) is 12.4. The van der Waals surface area contributed by atoms with Crippen LogP contribution in [-0.2, 0) is 13.5 Å². The molecule has 1 aromatic heterocycles. The van der Waals surface area contributed by atoms with Crippen molar-refractivity contribution in [3.63, 3.8) is 0 Å². The molecule has 0 spiro atoms. The summed E-state index contributed by atoms with van der Waals surface area (Å²) in [6.07, 6.45) is 0.0535. The van der Waals surface area contributed by atoms with Crippen molar-refractivity contribution in [2.24, 2.45) is 7.05 Å². The normalized spacial score (nSPS) is 12.7. The van der Waals surface area contributed by atoms with Crippen LogP contribution in [0.4, 0.5) is 0 Å². The van der Waals surface area contributed by atoms with Crippen LogP contribution in [0.3, 0.4) is 0 Å². The van der Waals surface area contributed by atoms with Gasteiger partial charge in [0.1, 0.15) is 0 Å². The van der Waals surface area contributed by atoms with Crippen LogP contribution in [0.25, 0.3) is 0 Å². The minimum Gasteiger partial charge on any atom is -0.388 e. The molecule has 1 heterocycles. The van der Waals surface area contributed by atoms with Gasteiger partial charge >= 0.3 is 0 Å². The van der Waals surface area contributed by atoms with Crippen molar-refractivity contribution < 1.29 is 5.11 Å². The zero-order valence-electron chi connectivity index (χ0n) is 10.8. The number of halogens is 1. The molecule has 3 nitrogen and oxygen atoms in total. The van der Waals surface area contributed by atoms with Crippen molar-refractivity contribution in [1.29, 1.82) is 0 Å². The maximum Gasteiger partial charge on any atom is 0.0845 e. The van der Waals surface area contributed by atoms with Crippen LogP contribution < -0.4 is 0 Å². The van der Waals surface area contributed by atoms with Gasteiger partial charge in [0.25, 0.3) is 0 Å². The second-order valence-corrected chi connectivity index (χ2v) is 5.39. The third-order valence-corrected chi connectivity index (χ3v) is 4.14. The van der Waals surface area contributed by atoms with Crippen LogP contribution in [0.1, 0.15) is 28.6 Å². The molecule has 0 saturated carbocycles. The van der Waals surface area contributed by atoms with E-state index in [2.05, 4.69) is 21.0 Å². The van der Waals surface area contributed by atoms with Gasteiger partial charge in [-0.25, -0.2) is 0 Å². The summed E-state index contributed by atoms with van der Waals surface area (Å²) in [5.41, 5.74) is 4.10. The van der Waals surface area contributed by atoms with Gasteiger partial charge in [-0.1, -0.05) is 29.8 Å². The Labute approximate surface area is 116 Å². The third kappa shape index (κ3) is 2.65. The lowest BCUT2D eigenvalue weighted by molar-refractivity contribution is 0.175. The van der Waals surface area contributed by atoms with Gasteiger partial charge in [0.15, 0.2) is 0 Å². The van der Waals surface area contributed by atoms with E-state index < -0.39 is 6.10 Å². The molecule has 96 valence electrons. The molecule has 1 N–H and O–H groups in total. The molecule has 1 aromatic carbocycles. The zero-order chi connectivity index (χ0) is 13.3. The quantitative estimate of drug-likeness (QED) is 0.946. The Hall–Kier alpha value is -1.13. The molecule has 1 unspecified atom stereocenters. The van der Waals surface area contributed by atoms with E-state index >= 15 is 0 Å². The first-order valence-corrected chi connectivity index (χ1v) is 6.71. The smallest absolute Gasteiger partial charge is 0.0845 e. The average Bonchev–Trinajstić information content (AvgIpc) is 2.57. The molecule has 0 amide bonds. The van der Waals surface area contributed by atoms with Crippen LogP contribution in [0.2, 0.25) is 0 Å². The highest BCUT2D eigenvalue weighted by Crippen LogP contribution is 2.26. The van der Waals surface area contributed by atoms with Gasteiger partial charge in [0, 0.05) is 13.5 Å². The van der Waals surface area contributed by atoms with Gasteiger partial charge in [-0.05, 0) is 35.3 Å². The molecule has 2 aromatic rings. The lowest BCUT2D eigenvalue weighted by atomic mass is 10.0. The molecule has 0 fully saturated rings. The van der Waals surface area contributed by atoms with Gasteiger partial charge in [0.2, 0.25) is 0 Å². The van der Waals surface area contributed by atoms with E-state index in [4.69, 9.17) is 0 Å². The maximum atomic E-state index is 10.3. The van der Waals surface area contributed by atoms with E-state index in [9.17, 15) is 5.11 Å². The molecule has 18 heavy (non-hydrogen) atoms. The summed E-state index contributed by atoms with van der Waals surface area (Å²) in [5, 5.41) is 14.6. The first-order chi connectivity index (χ1) is 8.49. The lowest BCUT2D eigenvalue weighted by Crippen LogP contribution is -2.07. The molecule has 0 saturated heterocycles. The molecule has 0 aliphatic rings. The van der Waals surface area contributed by atoms with Gasteiger partial charge < -0.3 is 5.11 Å². The molecule has 0 aliphatic heterocycles. The fourth-order valence-corrected chi connectivity index (χ4v) is 2.49. The molecule has 0 radical (unpaired) electrons. The fraction of sp³-hybridized carbons (Fsp3) is 0.357. The molecular formula is C14H17BrN2O. The minimum atomic E-state index is -0.503. The van der Waals surface area contributed by atoms with E-state index in [1.54, 1.807) is 0 Å². The predicted molar refractivity (Wildman–Crippen MR) is 75.5 cm³/mol. The highest BCUT2D eigenvalue weighted by molar-refractivity contribution is 9.10. The number of nitrogens with zero attached hydrogens (tertiary/aromatic N) is 2. The Morgan fingerprint density at radius 3 is 2.39 bits per heavy atom. The summed E-state index contributed by atoms with van der Waals surface area (Å²) < 4.78 is 2.80. The van der Waals surface area contributed by atoms with Gasteiger partial charge in [-0.3, -0.25) is 4.68 Å². The third-order valence-electron chi connectivity index (χ3n) is 3.11.